The Balaban J connectivity index is 1.22. The van der Waals surface area contributed by atoms with Crippen LogP contribution in [0.3, 0.4) is 0 Å². The highest BCUT2D eigenvalue weighted by Gasteiger charge is 2.18. The Morgan fingerprint density at radius 2 is 1.02 bits per heavy atom. The second-order valence-electron chi connectivity index (χ2n) is 13.2. The third kappa shape index (κ3) is 5.57. The molecule has 0 fully saturated rings. The maximum absolute atomic E-state index is 4.84. The molecule has 2 nitrogen and oxygen atoms in total. The van der Waals surface area contributed by atoms with Gasteiger partial charge in [0, 0.05) is 23.5 Å². The number of benzene rings is 8. The Hall–Kier alpha value is -6.64. The molecule has 0 N–H and O–H groups in total. The van der Waals surface area contributed by atoms with E-state index in [9.17, 15) is 0 Å². The molecule has 0 aliphatic carbocycles. The number of allylic oxidation sites excluding steroid dienone is 1. The van der Waals surface area contributed by atoms with Crippen LogP contribution in [0.25, 0.3) is 82.0 Å². The second-order valence-corrected chi connectivity index (χ2v) is 13.2. The summed E-state index contributed by atoms with van der Waals surface area (Å²) in [5.41, 5.74) is 10.7. The number of hydrogen-bond acceptors (Lipinski definition) is 2. The molecule has 0 spiro atoms. The molecule has 1 heterocycles. The largest absolute Gasteiger partial charge is 0.256 e. The summed E-state index contributed by atoms with van der Waals surface area (Å²) in [5, 5.41) is 9.85. The highest BCUT2D eigenvalue weighted by molar-refractivity contribution is 6.22. The molecule has 2 heteroatoms. The summed E-state index contributed by atoms with van der Waals surface area (Å²) in [7, 11) is 0. The quantitative estimate of drug-likeness (QED) is 0.130. The SMILES string of the molecule is C=C(/C=N\c1ccccc1C)c1ccc(-c2ccc3c(-c4ccc5ccccc5c4)c4ccccc4c(-c4ccc5ccccc5c4)c3c2)cn1. The van der Waals surface area contributed by atoms with Crippen LogP contribution in [-0.2, 0) is 0 Å². The Morgan fingerprint density at radius 3 is 1.65 bits per heavy atom. The first-order valence-corrected chi connectivity index (χ1v) is 17.3. The molecule has 0 bridgehead atoms. The Morgan fingerprint density at radius 1 is 0.490 bits per heavy atom. The normalized spacial score (nSPS) is 11.6. The summed E-state index contributed by atoms with van der Waals surface area (Å²) >= 11 is 0. The van der Waals surface area contributed by atoms with Crippen molar-refractivity contribution >= 4 is 60.6 Å². The number of aliphatic imine (C=N–C) groups is 1. The Labute approximate surface area is 297 Å². The number of fused-ring (bicyclic) bond motifs is 4. The van der Waals surface area contributed by atoms with Crippen LogP contribution >= 0.6 is 0 Å². The van der Waals surface area contributed by atoms with Gasteiger partial charge in [0.1, 0.15) is 0 Å². The molecule has 0 aliphatic rings. The van der Waals surface area contributed by atoms with Gasteiger partial charge in [-0.05, 0) is 114 Å². The Kier molecular flexibility index (Phi) is 7.56. The molecular weight excluding hydrogens is 617 g/mol. The van der Waals surface area contributed by atoms with Crippen molar-refractivity contribution < 1.29 is 0 Å². The lowest BCUT2D eigenvalue weighted by molar-refractivity contribution is 1.29. The summed E-state index contributed by atoms with van der Waals surface area (Å²) in [6.07, 6.45) is 3.75. The zero-order valence-electron chi connectivity index (χ0n) is 28.3. The molecule has 0 aliphatic heterocycles. The number of para-hydroxylation sites is 1. The zero-order chi connectivity index (χ0) is 34.3. The van der Waals surface area contributed by atoms with Crippen molar-refractivity contribution in [2.75, 3.05) is 0 Å². The van der Waals surface area contributed by atoms with E-state index in [1.807, 2.05) is 30.5 Å². The third-order valence-corrected chi connectivity index (χ3v) is 10.0. The molecule has 1 aromatic heterocycles. The van der Waals surface area contributed by atoms with Crippen molar-refractivity contribution in [3.05, 3.63) is 188 Å². The standard InChI is InChI=1S/C49H34N2/c1-32-11-3-10-18-46(32)50-30-33(2)47-26-24-41(31-51-47)38-23-25-44-45(29-38)49(40-22-20-35-13-5-7-15-37(35)28-40)43-17-9-8-16-42(43)48(44)39-21-19-34-12-4-6-14-36(34)27-39/h3-31H,2H2,1H3/b50-30-. The number of hydrogen-bond donors (Lipinski definition) is 0. The maximum Gasteiger partial charge on any atom is 0.0711 e. The van der Waals surface area contributed by atoms with Crippen molar-refractivity contribution in [2.24, 2.45) is 4.99 Å². The first kappa shape index (κ1) is 30.4. The smallest absolute Gasteiger partial charge is 0.0711 e. The van der Waals surface area contributed by atoms with Crippen molar-refractivity contribution in [3.8, 4) is 33.4 Å². The molecule has 0 unspecified atom stereocenters. The molecule has 9 aromatic rings. The summed E-state index contributed by atoms with van der Waals surface area (Å²) in [5.74, 6) is 0. The molecule has 240 valence electrons. The van der Waals surface area contributed by atoms with Gasteiger partial charge in [0.2, 0.25) is 0 Å². The van der Waals surface area contributed by atoms with Crippen LogP contribution in [0.2, 0.25) is 0 Å². The van der Waals surface area contributed by atoms with Gasteiger partial charge in [-0.15, -0.1) is 0 Å². The molecule has 0 radical (unpaired) electrons. The maximum atomic E-state index is 4.84. The molecule has 8 aromatic carbocycles. The van der Waals surface area contributed by atoms with Gasteiger partial charge >= 0.3 is 0 Å². The first-order valence-electron chi connectivity index (χ1n) is 17.3. The van der Waals surface area contributed by atoms with E-state index in [1.165, 1.54) is 65.3 Å². The lowest BCUT2D eigenvalue weighted by Gasteiger charge is -2.19. The van der Waals surface area contributed by atoms with Crippen molar-refractivity contribution in [2.45, 2.75) is 6.92 Å². The molecule has 0 amide bonds. The van der Waals surface area contributed by atoms with Gasteiger partial charge in [-0.2, -0.15) is 0 Å². The van der Waals surface area contributed by atoms with Gasteiger partial charge in [0.05, 0.1) is 11.4 Å². The first-order chi connectivity index (χ1) is 25.1. The molecule has 9 rings (SSSR count). The van der Waals surface area contributed by atoms with E-state index in [1.54, 1.807) is 6.21 Å². The third-order valence-electron chi connectivity index (χ3n) is 10.0. The van der Waals surface area contributed by atoms with Gasteiger partial charge in [0.15, 0.2) is 0 Å². The molecular formula is C49H34N2. The minimum Gasteiger partial charge on any atom is -0.256 e. The van der Waals surface area contributed by atoms with Gasteiger partial charge in [0.25, 0.3) is 0 Å². The van der Waals surface area contributed by atoms with Crippen molar-refractivity contribution in [1.82, 2.24) is 4.98 Å². The highest BCUT2D eigenvalue weighted by Crippen LogP contribution is 2.45. The average molecular weight is 651 g/mol. The lowest BCUT2D eigenvalue weighted by Crippen LogP contribution is -1.93. The summed E-state index contributed by atoms with van der Waals surface area (Å²) in [6, 6.07) is 58.9. The van der Waals surface area contributed by atoms with Gasteiger partial charge in [-0.25, -0.2) is 0 Å². The fourth-order valence-corrected chi connectivity index (χ4v) is 7.35. The van der Waals surface area contributed by atoms with E-state index in [0.29, 0.717) is 0 Å². The van der Waals surface area contributed by atoms with E-state index in [0.717, 1.165) is 33.6 Å². The van der Waals surface area contributed by atoms with Crippen LogP contribution in [0, 0.1) is 6.92 Å². The molecule has 0 saturated carbocycles. The fraction of sp³-hybridized carbons (Fsp3) is 0.0204. The molecule has 51 heavy (non-hydrogen) atoms. The van der Waals surface area contributed by atoms with E-state index < -0.39 is 0 Å². The van der Waals surface area contributed by atoms with Crippen molar-refractivity contribution in [1.29, 1.82) is 0 Å². The van der Waals surface area contributed by atoms with Gasteiger partial charge in [-0.1, -0.05) is 140 Å². The minimum atomic E-state index is 0.772. The predicted octanol–water partition coefficient (Wildman–Crippen LogP) is 13.4. The minimum absolute atomic E-state index is 0.772. The summed E-state index contributed by atoms with van der Waals surface area (Å²) in [4.78, 5) is 9.50. The van der Waals surface area contributed by atoms with Crippen LogP contribution in [-0.4, -0.2) is 11.2 Å². The van der Waals surface area contributed by atoms with Crippen LogP contribution in [0.5, 0.6) is 0 Å². The van der Waals surface area contributed by atoms with Gasteiger partial charge < -0.3 is 0 Å². The monoisotopic (exact) mass is 650 g/mol. The second kappa shape index (κ2) is 12.7. The number of pyridine rings is 1. The van der Waals surface area contributed by atoms with Crippen LogP contribution in [0.4, 0.5) is 5.69 Å². The van der Waals surface area contributed by atoms with Crippen molar-refractivity contribution in [3.63, 3.8) is 0 Å². The predicted molar refractivity (Wildman–Crippen MR) is 219 cm³/mol. The number of aryl methyl sites for hydroxylation is 1. The Bertz CT molecular complexity index is 2820. The van der Waals surface area contributed by atoms with Gasteiger partial charge in [-0.3, -0.25) is 9.98 Å². The van der Waals surface area contributed by atoms with E-state index in [4.69, 9.17) is 4.98 Å². The van der Waals surface area contributed by atoms with Crippen LogP contribution in [0.15, 0.2) is 182 Å². The summed E-state index contributed by atoms with van der Waals surface area (Å²) in [6.45, 7) is 6.31. The van der Waals surface area contributed by atoms with E-state index >= 15 is 0 Å². The highest BCUT2D eigenvalue weighted by atomic mass is 14.7. The van der Waals surface area contributed by atoms with E-state index in [2.05, 4.69) is 158 Å². The number of rotatable bonds is 6. The average Bonchev–Trinajstić information content (AvgIpc) is 3.19. The number of aromatic nitrogens is 1. The fourth-order valence-electron chi connectivity index (χ4n) is 7.35. The molecule has 0 atom stereocenters. The number of nitrogens with zero attached hydrogens (tertiary/aromatic N) is 2. The van der Waals surface area contributed by atoms with Crippen LogP contribution < -0.4 is 0 Å². The molecule has 0 saturated heterocycles. The van der Waals surface area contributed by atoms with Crippen LogP contribution in [0.1, 0.15) is 11.3 Å². The van der Waals surface area contributed by atoms with E-state index in [-0.39, 0.29) is 0 Å². The zero-order valence-corrected chi connectivity index (χ0v) is 28.3. The summed E-state index contributed by atoms with van der Waals surface area (Å²) < 4.78 is 0. The lowest BCUT2D eigenvalue weighted by atomic mass is 9.84. The topological polar surface area (TPSA) is 25.2 Å².